The van der Waals surface area contributed by atoms with Crippen LogP contribution in [0.15, 0.2) is 39.7 Å². The first-order valence-electron chi connectivity index (χ1n) is 18.3. The first kappa shape index (κ1) is 32.6. The number of rotatable bonds is 6. The minimum absolute atomic E-state index is 0.137. The van der Waals surface area contributed by atoms with Crippen molar-refractivity contribution in [1.29, 1.82) is 0 Å². The second kappa shape index (κ2) is 13.1. The molecule has 0 radical (unpaired) electrons. The Balaban J connectivity index is 1.61. The van der Waals surface area contributed by atoms with Crippen molar-refractivity contribution in [3.05, 3.63) is 73.1 Å². The average molecular weight is 668 g/mol. The molecule has 1 heteroatoms. The van der Waals surface area contributed by atoms with Crippen LogP contribution in [0.2, 0.25) is 0 Å². The molecule has 0 amide bonds. The Morgan fingerprint density at radius 3 is 1.82 bits per heavy atom. The first-order chi connectivity index (χ1) is 20.9. The van der Waals surface area contributed by atoms with Gasteiger partial charge in [-0.3, -0.25) is 0 Å². The number of allylic oxidation sites excluding steroid dienone is 4. The van der Waals surface area contributed by atoms with Crippen LogP contribution in [0.4, 0.5) is 0 Å². The molecule has 0 atom stereocenters. The fourth-order valence-electron chi connectivity index (χ4n) is 9.50. The summed E-state index contributed by atoms with van der Waals surface area (Å²) in [7, 11) is 0. The van der Waals surface area contributed by atoms with Crippen molar-refractivity contribution in [1.82, 2.24) is 0 Å². The molecule has 4 aliphatic rings. The summed E-state index contributed by atoms with van der Waals surface area (Å²) < 4.78 is 5.87. The van der Waals surface area contributed by atoms with Crippen molar-refractivity contribution in [2.45, 2.75) is 156 Å². The number of benzene rings is 2. The van der Waals surface area contributed by atoms with E-state index in [1.165, 1.54) is 94.6 Å². The maximum absolute atomic E-state index is 2.66. The fourth-order valence-corrected chi connectivity index (χ4v) is 18.7. The molecule has 0 unspecified atom stereocenters. The number of fused-ring (bicyclic) bond motifs is 3. The molecule has 0 aliphatic heterocycles. The molecule has 0 bridgehead atoms. The zero-order chi connectivity index (χ0) is 31.2. The van der Waals surface area contributed by atoms with Crippen LogP contribution < -0.4 is 3.27 Å². The van der Waals surface area contributed by atoms with Gasteiger partial charge in [0.05, 0.1) is 0 Å². The van der Waals surface area contributed by atoms with Crippen LogP contribution in [-0.4, -0.2) is 3.21 Å². The van der Waals surface area contributed by atoms with Crippen LogP contribution in [0.3, 0.4) is 0 Å². The molecule has 0 spiro atoms. The number of aryl methyl sites for hydroxylation is 1. The van der Waals surface area contributed by atoms with E-state index in [9.17, 15) is 0 Å². The SMILES string of the molecule is Cc1cc2c(cc1C(C)(C)C)-c1cc(C(C)(C)C)c(C)[c]([Zr]([C]3=CC=CC3)=[C](CC3CCCCC3)CC3CCCCC3)c1C2. The molecule has 0 saturated heterocycles. The zero-order valence-corrected chi connectivity index (χ0v) is 32.0. The maximum atomic E-state index is 2.66. The number of hydrogen-bond acceptors (Lipinski definition) is 0. The van der Waals surface area contributed by atoms with Gasteiger partial charge in [-0.25, -0.2) is 0 Å². The van der Waals surface area contributed by atoms with E-state index in [4.69, 9.17) is 0 Å². The summed E-state index contributed by atoms with van der Waals surface area (Å²) in [5, 5.41) is 0. The van der Waals surface area contributed by atoms with Gasteiger partial charge in [0.2, 0.25) is 0 Å². The van der Waals surface area contributed by atoms with Crippen LogP contribution in [-0.2, 0) is 38.5 Å². The van der Waals surface area contributed by atoms with Gasteiger partial charge in [0.15, 0.2) is 0 Å². The van der Waals surface area contributed by atoms with Crippen molar-refractivity contribution in [2.75, 3.05) is 0 Å². The molecule has 4 aliphatic carbocycles. The molecule has 2 aromatic carbocycles. The van der Waals surface area contributed by atoms with Crippen LogP contribution in [0, 0.1) is 25.7 Å². The van der Waals surface area contributed by atoms with E-state index in [2.05, 4.69) is 95.0 Å². The summed E-state index contributed by atoms with van der Waals surface area (Å²) in [6, 6.07) is 7.84. The topological polar surface area (TPSA) is 0 Å². The molecular formula is C43H60Zr. The van der Waals surface area contributed by atoms with Gasteiger partial charge in [-0.1, -0.05) is 0 Å². The predicted octanol–water partition coefficient (Wildman–Crippen LogP) is 11.7. The Bertz CT molecular complexity index is 1460. The molecule has 2 aromatic rings. The summed E-state index contributed by atoms with van der Waals surface area (Å²) in [5.74, 6) is 1.86. The van der Waals surface area contributed by atoms with E-state index in [1.807, 2.05) is 6.55 Å². The van der Waals surface area contributed by atoms with Crippen molar-refractivity contribution >= 4 is 6.48 Å². The summed E-state index contributed by atoms with van der Waals surface area (Å²) >= 11 is -2.40. The third kappa shape index (κ3) is 6.71. The van der Waals surface area contributed by atoms with Crippen LogP contribution >= 0.6 is 0 Å². The van der Waals surface area contributed by atoms with Crippen LogP contribution in [0.1, 0.15) is 158 Å². The monoisotopic (exact) mass is 666 g/mol. The van der Waals surface area contributed by atoms with Crippen molar-refractivity contribution in [3.63, 3.8) is 0 Å². The van der Waals surface area contributed by atoms with Gasteiger partial charge in [0.1, 0.15) is 0 Å². The van der Waals surface area contributed by atoms with E-state index < -0.39 is 21.3 Å². The first-order valence-corrected chi connectivity index (χ1v) is 22.0. The van der Waals surface area contributed by atoms with Gasteiger partial charge >= 0.3 is 280 Å². The van der Waals surface area contributed by atoms with Gasteiger partial charge in [0, 0.05) is 0 Å². The normalized spacial score (nSPS) is 19.2. The molecule has 236 valence electrons. The summed E-state index contributed by atoms with van der Waals surface area (Å²) in [5.41, 5.74) is 13.0. The standard InChI is InChI=1S/C23H29.C15H26.C5H5.Zr/c1-14-9-16-11-17-10-15(2)21(23(6,7)8)13-19(17)18(16)12-20(14)22(3,4)5;1-3-8-14(9-4-1)12-7-13-15-10-5-2-6-11-15;1-2-4-5-3-1;/h9,12-13H,11H2,1-8H3;14-15H,1-6,8-13H2;1-3H,4H2;. The van der Waals surface area contributed by atoms with Crippen molar-refractivity contribution in [2.24, 2.45) is 11.8 Å². The minimum atomic E-state index is -2.40. The van der Waals surface area contributed by atoms with Gasteiger partial charge < -0.3 is 0 Å². The summed E-state index contributed by atoms with van der Waals surface area (Å²) in [6.07, 6.45) is 27.4. The van der Waals surface area contributed by atoms with Gasteiger partial charge in [-0.15, -0.1) is 0 Å². The van der Waals surface area contributed by atoms with E-state index in [0.717, 1.165) is 18.3 Å². The molecule has 44 heavy (non-hydrogen) atoms. The van der Waals surface area contributed by atoms with Crippen LogP contribution in [0.5, 0.6) is 0 Å². The Hall–Kier alpha value is -1.33. The molecule has 0 N–H and O–H groups in total. The van der Waals surface area contributed by atoms with Crippen LogP contribution in [0.25, 0.3) is 11.1 Å². The number of hydrogen-bond donors (Lipinski definition) is 0. The fraction of sp³-hybridized carbons (Fsp3) is 0.605. The van der Waals surface area contributed by atoms with Crippen molar-refractivity contribution < 1.29 is 21.3 Å². The van der Waals surface area contributed by atoms with E-state index >= 15 is 0 Å². The summed E-state index contributed by atoms with van der Waals surface area (Å²) in [4.78, 5) is 0. The molecule has 2 fully saturated rings. The molecule has 0 aromatic heterocycles. The quantitative estimate of drug-likeness (QED) is 0.245. The molecule has 0 nitrogen and oxygen atoms in total. The zero-order valence-electron chi connectivity index (χ0n) is 29.5. The molecule has 6 rings (SSSR count). The van der Waals surface area contributed by atoms with E-state index in [0.29, 0.717) is 0 Å². The van der Waals surface area contributed by atoms with Gasteiger partial charge in [0.25, 0.3) is 0 Å². The molecular weight excluding hydrogens is 608 g/mol. The molecule has 0 heterocycles. The third-order valence-corrected chi connectivity index (χ3v) is 19.8. The predicted molar refractivity (Wildman–Crippen MR) is 190 cm³/mol. The van der Waals surface area contributed by atoms with E-state index in [-0.39, 0.29) is 10.8 Å². The van der Waals surface area contributed by atoms with E-state index in [1.54, 1.807) is 33.4 Å². The second-order valence-corrected chi connectivity index (χ2v) is 23.6. The Morgan fingerprint density at radius 2 is 1.30 bits per heavy atom. The van der Waals surface area contributed by atoms with Gasteiger partial charge in [-0.2, -0.15) is 0 Å². The summed E-state index contributed by atoms with van der Waals surface area (Å²) in [6.45, 7) is 19.5. The Labute approximate surface area is 278 Å². The van der Waals surface area contributed by atoms with Gasteiger partial charge in [-0.05, 0) is 0 Å². The Kier molecular flexibility index (Phi) is 9.67. The average Bonchev–Trinajstić information content (AvgIpc) is 3.61. The second-order valence-electron chi connectivity index (χ2n) is 17.2. The van der Waals surface area contributed by atoms with Crippen molar-refractivity contribution in [3.8, 4) is 11.1 Å². The third-order valence-electron chi connectivity index (χ3n) is 11.6. The Morgan fingerprint density at radius 1 is 0.727 bits per heavy atom. The molecule has 2 saturated carbocycles.